The molecule has 1 aromatic heterocycles. The number of aliphatic hydroxyl groups is 1. The SMILES string of the molecule is NCC#Cc1csc(CN2CCC3(O)CCCCC3C2)c1. The molecule has 2 unspecified atom stereocenters. The Kier molecular flexibility index (Phi) is 4.66. The van der Waals surface area contributed by atoms with E-state index < -0.39 is 0 Å². The van der Waals surface area contributed by atoms with Crippen LogP contribution >= 0.6 is 11.3 Å². The van der Waals surface area contributed by atoms with Crippen LogP contribution in [0.2, 0.25) is 0 Å². The highest BCUT2D eigenvalue weighted by atomic mass is 32.1. The predicted octanol–water partition coefficient (Wildman–Crippen LogP) is 2.19. The first-order valence-electron chi connectivity index (χ1n) is 7.91. The van der Waals surface area contributed by atoms with Crippen LogP contribution in [0.3, 0.4) is 0 Å². The van der Waals surface area contributed by atoms with Crippen molar-refractivity contribution < 1.29 is 5.11 Å². The smallest absolute Gasteiger partial charge is 0.0700 e. The fourth-order valence-corrected chi connectivity index (χ4v) is 4.54. The van der Waals surface area contributed by atoms with E-state index in [0.717, 1.165) is 38.0 Å². The van der Waals surface area contributed by atoms with Gasteiger partial charge in [-0.3, -0.25) is 4.90 Å². The summed E-state index contributed by atoms with van der Waals surface area (Å²) in [7, 11) is 0. The average molecular weight is 304 g/mol. The third-order valence-electron chi connectivity index (χ3n) is 4.88. The van der Waals surface area contributed by atoms with E-state index in [1.165, 1.54) is 24.1 Å². The molecule has 4 heteroatoms. The lowest BCUT2D eigenvalue weighted by molar-refractivity contribution is -0.0966. The van der Waals surface area contributed by atoms with Crippen molar-refractivity contribution >= 4 is 11.3 Å². The van der Waals surface area contributed by atoms with Gasteiger partial charge in [-0.15, -0.1) is 11.3 Å². The number of fused-ring (bicyclic) bond motifs is 1. The summed E-state index contributed by atoms with van der Waals surface area (Å²) in [5.41, 5.74) is 6.11. The van der Waals surface area contributed by atoms with Gasteiger partial charge in [-0.25, -0.2) is 0 Å². The molecule has 3 rings (SSSR count). The molecule has 2 fully saturated rings. The lowest BCUT2D eigenvalue weighted by Gasteiger charge is -2.47. The van der Waals surface area contributed by atoms with Crippen molar-refractivity contribution in [3.8, 4) is 11.8 Å². The zero-order valence-corrected chi connectivity index (χ0v) is 13.3. The van der Waals surface area contributed by atoms with E-state index in [4.69, 9.17) is 5.73 Å². The summed E-state index contributed by atoms with van der Waals surface area (Å²) < 4.78 is 0. The normalized spacial score (nSPS) is 29.5. The van der Waals surface area contributed by atoms with E-state index >= 15 is 0 Å². The summed E-state index contributed by atoms with van der Waals surface area (Å²) in [5, 5.41) is 12.8. The molecule has 0 radical (unpaired) electrons. The number of hydrogen-bond acceptors (Lipinski definition) is 4. The molecule has 21 heavy (non-hydrogen) atoms. The minimum atomic E-state index is -0.373. The monoisotopic (exact) mass is 304 g/mol. The largest absolute Gasteiger partial charge is 0.390 e. The van der Waals surface area contributed by atoms with Gasteiger partial charge in [0.2, 0.25) is 0 Å². The molecule has 2 heterocycles. The van der Waals surface area contributed by atoms with Crippen LogP contribution in [0.1, 0.15) is 42.5 Å². The molecule has 1 saturated heterocycles. The van der Waals surface area contributed by atoms with Crippen LogP contribution in [-0.4, -0.2) is 35.2 Å². The molecular weight excluding hydrogens is 280 g/mol. The second kappa shape index (κ2) is 6.50. The zero-order valence-electron chi connectivity index (χ0n) is 12.5. The molecule has 2 aliphatic rings. The fourth-order valence-electron chi connectivity index (χ4n) is 3.69. The second-order valence-corrected chi connectivity index (χ2v) is 7.33. The molecule has 1 aliphatic carbocycles. The molecule has 1 aliphatic heterocycles. The van der Waals surface area contributed by atoms with Crippen molar-refractivity contribution in [2.75, 3.05) is 19.6 Å². The predicted molar refractivity (Wildman–Crippen MR) is 87.1 cm³/mol. The van der Waals surface area contributed by atoms with Crippen molar-refractivity contribution in [3.63, 3.8) is 0 Å². The molecule has 2 atom stereocenters. The first kappa shape index (κ1) is 15.1. The van der Waals surface area contributed by atoms with Gasteiger partial charge in [0.25, 0.3) is 0 Å². The quantitative estimate of drug-likeness (QED) is 0.824. The molecule has 0 amide bonds. The third-order valence-corrected chi connectivity index (χ3v) is 5.80. The van der Waals surface area contributed by atoms with Gasteiger partial charge in [0, 0.05) is 41.4 Å². The number of hydrogen-bond donors (Lipinski definition) is 2. The van der Waals surface area contributed by atoms with Gasteiger partial charge in [-0.05, 0) is 25.3 Å². The van der Waals surface area contributed by atoms with Gasteiger partial charge in [-0.1, -0.05) is 24.7 Å². The van der Waals surface area contributed by atoms with Crippen LogP contribution in [0.15, 0.2) is 11.4 Å². The first-order chi connectivity index (χ1) is 10.2. The van der Waals surface area contributed by atoms with E-state index in [-0.39, 0.29) is 5.60 Å². The first-order valence-corrected chi connectivity index (χ1v) is 8.79. The van der Waals surface area contributed by atoms with Crippen LogP contribution in [0, 0.1) is 17.8 Å². The number of piperidine rings is 1. The number of thiophene rings is 1. The van der Waals surface area contributed by atoms with E-state index in [1.54, 1.807) is 11.3 Å². The van der Waals surface area contributed by atoms with Gasteiger partial charge in [0.1, 0.15) is 0 Å². The van der Waals surface area contributed by atoms with E-state index in [0.29, 0.717) is 12.5 Å². The molecule has 1 saturated carbocycles. The van der Waals surface area contributed by atoms with Crippen molar-refractivity contribution in [1.82, 2.24) is 4.90 Å². The minimum Gasteiger partial charge on any atom is -0.390 e. The van der Waals surface area contributed by atoms with Gasteiger partial charge in [-0.2, -0.15) is 0 Å². The third kappa shape index (κ3) is 3.49. The van der Waals surface area contributed by atoms with Crippen LogP contribution in [0.25, 0.3) is 0 Å². The van der Waals surface area contributed by atoms with Gasteiger partial charge in [0.05, 0.1) is 12.1 Å². The number of nitrogens with two attached hydrogens (primary N) is 1. The molecule has 0 spiro atoms. The van der Waals surface area contributed by atoms with Crippen LogP contribution in [0.4, 0.5) is 0 Å². The fraction of sp³-hybridized carbons (Fsp3) is 0.647. The molecule has 114 valence electrons. The molecule has 3 nitrogen and oxygen atoms in total. The van der Waals surface area contributed by atoms with Gasteiger partial charge in [0.15, 0.2) is 0 Å². The molecule has 0 aromatic carbocycles. The van der Waals surface area contributed by atoms with E-state index in [2.05, 4.69) is 28.2 Å². The maximum absolute atomic E-state index is 10.7. The summed E-state index contributed by atoms with van der Waals surface area (Å²) in [6.45, 7) is 3.45. The van der Waals surface area contributed by atoms with Crippen LogP contribution < -0.4 is 5.73 Å². The molecular formula is C17H24N2OS. The molecule has 3 N–H and O–H groups in total. The average Bonchev–Trinajstić information content (AvgIpc) is 2.93. The Bertz CT molecular complexity index is 544. The number of nitrogens with zero attached hydrogens (tertiary/aromatic N) is 1. The van der Waals surface area contributed by atoms with Crippen molar-refractivity contribution in [3.05, 3.63) is 21.9 Å². The Morgan fingerprint density at radius 1 is 1.43 bits per heavy atom. The van der Waals surface area contributed by atoms with Crippen molar-refractivity contribution in [2.45, 2.75) is 44.2 Å². The number of likely N-dealkylation sites (tertiary alicyclic amines) is 1. The molecule has 0 bridgehead atoms. The summed E-state index contributed by atoms with van der Waals surface area (Å²) >= 11 is 1.77. The second-order valence-electron chi connectivity index (χ2n) is 6.34. The summed E-state index contributed by atoms with van der Waals surface area (Å²) in [6, 6.07) is 2.18. The maximum Gasteiger partial charge on any atom is 0.0700 e. The van der Waals surface area contributed by atoms with Crippen LogP contribution in [0.5, 0.6) is 0 Å². The van der Waals surface area contributed by atoms with Crippen molar-refractivity contribution in [2.24, 2.45) is 11.7 Å². The Balaban J connectivity index is 1.60. The van der Waals surface area contributed by atoms with E-state index in [1.807, 2.05) is 0 Å². The Morgan fingerprint density at radius 3 is 3.19 bits per heavy atom. The Labute approximate surface area is 131 Å². The van der Waals surface area contributed by atoms with Gasteiger partial charge < -0.3 is 10.8 Å². The molecule has 1 aromatic rings. The standard InChI is InChI=1S/C17H24N2OS/c18-8-3-4-14-10-16(21-13-14)12-19-9-7-17(20)6-2-1-5-15(17)11-19/h10,13,15,20H,1-2,5-9,11-12,18H2. The summed E-state index contributed by atoms with van der Waals surface area (Å²) in [6.07, 6.45) is 5.59. The van der Waals surface area contributed by atoms with Crippen molar-refractivity contribution in [1.29, 1.82) is 0 Å². The van der Waals surface area contributed by atoms with Crippen LogP contribution in [-0.2, 0) is 6.54 Å². The zero-order chi connectivity index (χ0) is 14.7. The van der Waals surface area contributed by atoms with Gasteiger partial charge >= 0.3 is 0 Å². The summed E-state index contributed by atoms with van der Waals surface area (Å²) in [4.78, 5) is 3.86. The Morgan fingerprint density at radius 2 is 2.33 bits per heavy atom. The maximum atomic E-state index is 10.7. The highest BCUT2D eigenvalue weighted by Crippen LogP contribution is 2.40. The Hall–Kier alpha value is -0.860. The highest BCUT2D eigenvalue weighted by molar-refractivity contribution is 7.10. The minimum absolute atomic E-state index is 0.373. The highest BCUT2D eigenvalue weighted by Gasteiger charge is 2.42. The topological polar surface area (TPSA) is 49.5 Å². The number of rotatable bonds is 2. The summed E-state index contributed by atoms with van der Waals surface area (Å²) in [5.74, 6) is 6.46. The van der Waals surface area contributed by atoms with E-state index in [9.17, 15) is 5.11 Å². The lowest BCUT2D eigenvalue weighted by atomic mass is 9.71. The lowest BCUT2D eigenvalue weighted by Crippen LogP contribution is -2.52.